The first kappa shape index (κ1) is 22.7. The van der Waals surface area contributed by atoms with Crippen molar-refractivity contribution in [3.05, 3.63) is 45.1 Å². The number of hydrogen-bond acceptors (Lipinski definition) is 6. The molecule has 2 heterocycles. The third-order valence-electron chi connectivity index (χ3n) is 4.58. The van der Waals surface area contributed by atoms with Gasteiger partial charge in [0.2, 0.25) is 5.91 Å². The first-order valence-electron chi connectivity index (χ1n) is 10.2. The number of nitrogens with zero attached hydrogens (tertiary/aromatic N) is 3. The predicted molar refractivity (Wildman–Crippen MR) is 125 cm³/mol. The molecule has 0 aliphatic carbocycles. The SMILES string of the molecule is CC(C)CN(C(=O)CSc1nc2ccccc2[nH]1)c1c(N)n(CC(C)C)c(=O)[nH]c1=O. The van der Waals surface area contributed by atoms with Crippen molar-refractivity contribution in [2.75, 3.05) is 22.9 Å². The van der Waals surface area contributed by atoms with Gasteiger partial charge in [0.25, 0.3) is 5.56 Å². The molecule has 2 aromatic heterocycles. The van der Waals surface area contributed by atoms with Crippen LogP contribution in [0.5, 0.6) is 0 Å². The van der Waals surface area contributed by atoms with Crippen LogP contribution in [0.25, 0.3) is 11.0 Å². The molecule has 0 fully saturated rings. The standard InChI is InChI=1S/C21H28N6O3S/c1-12(2)9-26(17-18(22)27(10-13(3)4)21(30)25-19(17)29)16(28)11-31-20-23-14-7-5-6-8-15(14)24-20/h5-8,12-13H,9-11,22H2,1-4H3,(H,23,24)(H,25,29,30). The molecule has 1 aromatic carbocycles. The monoisotopic (exact) mass is 444 g/mol. The Morgan fingerprint density at radius 2 is 1.87 bits per heavy atom. The van der Waals surface area contributed by atoms with Gasteiger partial charge in [0, 0.05) is 13.1 Å². The number of aromatic nitrogens is 4. The Kier molecular flexibility index (Phi) is 6.89. The molecule has 0 aliphatic rings. The number of hydrogen-bond donors (Lipinski definition) is 3. The Morgan fingerprint density at radius 3 is 2.52 bits per heavy atom. The molecule has 3 rings (SSSR count). The maximum atomic E-state index is 13.2. The van der Waals surface area contributed by atoms with Crippen LogP contribution in [0.1, 0.15) is 27.7 Å². The van der Waals surface area contributed by atoms with Crippen molar-refractivity contribution >= 4 is 40.2 Å². The van der Waals surface area contributed by atoms with Gasteiger partial charge in [-0.15, -0.1) is 0 Å². The molecule has 3 aromatic rings. The van der Waals surface area contributed by atoms with E-state index in [1.165, 1.54) is 21.2 Å². The van der Waals surface area contributed by atoms with Gasteiger partial charge in [0.1, 0.15) is 5.82 Å². The molecular weight excluding hydrogens is 416 g/mol. The molecule has 0 bridgehead atoms. The van der Waals surface area contributed by atoms with Gasteiger partial charge in [0.05, 0.1) is 16.8 Å². The molecule has 1 amide bonds. The highest BCUT2D eigenvalue weighted by molar-refractivity contribution is 7.99. The van der Waals surface area contributed by atoms with Gasteiger partial charge in [-0.3, -0.25) is 19.1 Å². The van der Waals surface area contributed by atoms with E-state index in [4.69, 9.17) is 5.73 Å². The first-order valence-corrected chi connectivity index (χ1v) is 11.2. The molecule has 0 aliphatic heterocycles. The molecule has 31 heavy (non-hydrogen) atoms. The number of imidazole rings is 1. The van der Waals surface area contributed by atoms with E-state index in [-0.39, 0.29) is 35.0 Å². The minimum Gasteiger partial charge on any atom is -0.383 e. The smallest absolute Gasteiger partial charge is 0.330 e. The zero-order valence-corrected chi connectivity index (χ0v) is 19.0. The van der Waals surface area contributed by atoms with E-state index < -0.39 is 11.2 Å². The Balaban J connectivity index is 1.91. The van der Waals surface area contributed by atoms with Gasteiger partial charge in [-0.1, -0.05) is 51.6 Å². The van der Waals surface area contributed by atoms with Gasteiger partial charge in [0.15, 0.2) is 10.8 Å². The highest BCUT2D eigenvalue weighted by Crippen LogP contribution is 2.23. The Bertz CT molecular complexity index is 1160. The highest BCUT2D eigenvalue weighted by Gasteiger charge is 2.25. The molecular formula is C21H28N6O3S. The van der Waals surface area contributed by atoms with Crippen LogP contribution in [0.3, 0.4) is 0 Å². The summed E-state index contributed by atoms with van der Waals surface area (Å²) in [6.07, 6.45) is 0. The van der Waals surface area contributed by atoms with Gasteiger partial charge in [-0.05, 0) is 24.0 Å². The lowest BCUT2D eigenvalue weighted by Gasteiger charge is -2.26. The topological polar surface area (TPSA) is 130 Å². The van der Waals surface area contributed by atoms with E-state index in [1.807, 2.05) is 52.0 Å². The van der Waals surface area contributed by atoms with E-state index in [2.05, 4.69) is 15.0 Å². The number of fused-ring (bicyclic) bond motifs is 1. The molecule has 0 atom stereocenters. The fourth-order valence-electron chi connectivity index (χ4n) is 3.27. The molecule has 0 unspecified atom stereocenters. The number of rotatable bonds is 8. The lowest BCUT2D eigenvalue weighted by Crippen LogP contribution is -2.43. The van der Waals surface area contributed by atoms with Crippen LogP contribution in [0, 0.1) is 11.8 Å². The van der Waals surface area contributed by atoms with E-state index in [0.29, 0.717) is 18.2 Å². The van der Waals surface area contributed by atoms with Crippen molar-refractivity contribution in [3.8, 4) is 0 Å². The number of benzene rings is 1. The van der Waals surface area contributed by atoms with E-state index >= 15 is 0 Å². The Labute approximate surface area is 184 Å². The second kappa shape index (κ2) is 9.42. The average molecular weight is 445 g/mol. The van der Waals surface area contributed by atoms with Crippen LogP contribution in [0.4, 0.5) is 11.5 Å². The summed E-state index contributed by atoms with van der Waals surface area (Å²) in [5.74, 6) is 0.00621. The van der Waals surface area contributed by atoms with Crippen LogP contribution < -0.4 is 21.9 Å². The lowest BCUT2D eigenvalue weighted by molar-refractivity contribution is -0.116. The molecule has 0 saturated heterocycles. The van der Waals surface area contributed by atoms with E-state index in [1.54, 1.807) is 0 Å². The summed E-state index contributed by atoms with van der Waals surface area (Å²) in [6, 6.07) is 7.61. The second-order valence-corrected chi connectivity index (χ2v) is 9.21. The Hall–Kier alpha value is -3.01. The zero-order chi connectivity index (χ0) is 22.7. The molecule has 0 saturated carbocycles. The molecule has 166 valence electrons. The van der Waals surface area contributed by atoms with E-state index in [0.717, 1.165) is 11.0 Å². The van der Waals surface area contributed by atoms with Crippen molar-refractivity contribution < 1.29 is 4.79 Å². The quantitative estimate of drug-likeness (QED) is 0.458. The van der Waals surface area contributed by atoms with Crippen LogP contribution >= 0.6 is 11.8 Å². The number of carbonyl (C=O) groups is 1. The maximum absolute atomic E-state index is 13.2. The average Bonchev–Trinajstić information content (AvgIpc) is 3.11. The molecule has 0 spiro atoms. The number of amides is 1. The number of nitrogens with one attached hydrogen (secondary N) is 2. The number of anilines is 2. The van der Waals surface area contributed by atoms with Crippen LogP contribution in [0.15, 0.2) is 39.0 Å². The van der Waals surface area contributed by atoms with Crippen molar-refractivity contribution in [3.63, 3.8) is 0 Å². The summed E-state index contributed by atoms with van der Waals surface area (Å²) in [5.41, 5.74) is 6.71. The van der Waals surface area contributed by atoms with Crippen molar-refractivity contribution in [1.82, 2.24) is 19.5 Å². The van der Waals surface area contributed by atoms with Gasteiger partial charge in [-0.25, -0.2) is 9.78 Å². The number of aromatic amines is 2. The zero-order valence-electron chi connectivity index (χ0n) is 18.1. The summed E-state index contributed by atoms with van der Waals surface area (Å²) in [4.78, 5) is 49.4. The highest BCUT2D eigenvalue weighted by atomic mass is 32.2. The molecule has 4 N–H and O–H groups in total. The number of thioether (sulfide) groups is 1. The summed E-state index contributed by atoms with van der Waals surface area (Å²) in [7, 11) is 0. The Morgan fingerprint density at radius 1 is 1.16 bits per heavy atom. The number of para-hydroxylation sites is 2. The lowest BCUT2D eigenvalue weighted by atomic mass is 10.2. The minimum absolute atomic E-state index is 0.00480. The van der Waals surface area contributed by atoms with Crippen molar-refractivity contribution in [2.24, 2.45) is 11.8 Å². The molecule has 0 radical (unpaired) electrons. The predicted octanol–water partition coefficient (Wildman–Crippen LogP) is 2.43. The third kappa shape index (κ3) is 5.19. The fourth-order valence-corrected chi connectivity index (χ4v) is 4.03. The van der Waals surface area contributed by atoms with Gasteiger partial charge >= 0.3 is 5.69 Å². The normalized spacial score (nSPS) is 11.5. The number of nitrogens with two attached hydrogens (primary N) is 1. The van der Waals surface area contributed by atoms with Crippen LogP contribution in [-0.4, -0.2) is 37.7 Å². The summed E-state index contributed by atoms with van der Waals surface area (Å²) in [5, 5.41) is 0.616. The largest absolute Gasteiger partial charge is 0.383 e. The second-order valence-electron chi connectivity index (χ2n) is 8.24. The number of carbonyl (C=O) groups excluding carboxylic acids is 1. The maximum Gasteiger partial charge on any atom is 0.330 e. The minimum atomic E-state index is -0.662. The number of H-pyrrole nitrogens is 2. The van der Waals surface area contributed by atoms with Crippen molar-refractivity contribution in [2.45, 2.75) is 39.4 Å². The van der Waals surface area contributed by atoms with Crippen molar-refractivity contribution in [1.29, 1.82) is 0 Å². The third-order valence-corrected chi connectivity index (χ3v) is 5.44. The fraction of sp³-hybridized carbons (Fsp3) is 0.429. The van der Waals surface area contributed by atoms with Gasteiger partial charge < -0.3 is 15.6 Å². The van der Waals surface area contributed by atoms with Gasteiger partial charge in [-0.2, -0.15) is 0 Å². The van der Waals surface area contributed by atoms with E-state index in [9.17, 15) is 14.4 Å². The molecule has 9 nitrogen and oxygen atoms in total. The van der Waals surface area contributed by atoms with Crippen LogP contribution in [0.2, 0.25) is 0 Å². The first-order chi connectivity index (χ1) is 14.7. The summed E-state index contributed by atoms with van der Waals surface area (Å²) in [6.45, 7) is 8.41. The molecule has 10 heteroatoms. The summed E-state index contributed by atoms with van der Waals surface area (Å²) < 4.78 is 1.31. The summed E-state index contributed by atoms with van der Waals surface area (Å²) >= 11 is 1.25. The number of nitrogen functional groups attached to an aromatic ring is 1. The van der Waals surface area contributed by atoms with Crippen LogP contribution in [-0.2, 0) is 11.3 Å².